The summed E-state index contributed by atoms with van der Waals surface area (Å²) in [5, 5.41) is 9.73. The number of likely N-dealkylation sites (tertiary alicyclic amines) is 1. The summed E-state index contributed by atoms with van der Waals surface area (Å²) in [5.74, 6) is -0.0717. The fourth-order valence-electron chi connectivity index (χ4n) is 3.59. The van der Waals surface area contributed by atoms with Crippen LogP contribution in [0.3, 0.4) is 0 Å². The molecule has 0 radical (unpaired) electrons. The molecule has 24 heavy (non-hydrogen) atoms. The van der Waals surface area contributed by atoms with E-state index in [0.29, 0.717) is 32.5 Å². The van der Waals surface area contributed by atoms with Crippen molar-refractivity contribution in [2.75, 3.05) is 13.1 Å². The number of nitrogens with zero attached hydrogens (tertiary/aromatic N) is 2. The summed E-state index contributed by atoms with van der Waals surface area (Å²) in [6, 6.07) is 7.58. The number of amides is 2. The highest BCUT2D eigenvalue weighted by Gasteiger charge is 2.39. The number of benzene rings is 1. The number of rotatable bonds is 3. The minimum atomic E-state index is -0.452. The van der Waals surface area contributed by atoms with E-state index in [4.69, 9.17) is 0 Å². The van der Waals surface area contributed by atoms with Crippen LogP contribution in [0, 0.1) is 5.92 Å². The highest BCUT2D eigenvalue weighted by molar-refractivity contribution is 5.89. The van der Waals surface area contributed by atoms with Crippen LogP contribution in [0.4, 0.5) is 0 Å². The highest BCUT2D eigenvalue weighted by Crippen LogP contribution is 2.27. The van der Waals surface area contributed by atoms with Gasteiger partial charge in [-0.15, -0.1) is 0 Å². The lowest BCUT2D eigenvalue weighted by Crippen LogP contribution is -2.54. The summed E-state index contributed by atoms with van der Waals surface area (Å²) < 4.78 is 0. The minimum Gasteiger partial charge on any atom is -0.391 e. The molecule has 0 aromatic heterocycles. The minimum absolute atomic E-state index is 0.0299. The van der Waals surface area contributed by atoms with Gasteiger partial charge >= 0.3 is 0 Å². The third-order valence-electron chi connectivity index (χ3n) is 5.33. The molecule has 0 aliphatic carbocycles. The van der Waals surface area contributed by atoms with Crippen LogP contribution >= 0.6 is 0 Å². The maximum atomic E-state index is 13.0. The molecule has 2 heterocycles. The number of hydrogen-bond acceptors (Lipinski definition) is 3. The lowest BCUT2D eigenvalue weighted by Gasteiger charge is -2.39. The molecule has 0 bridgehead atoms. The Morgan fingerprint density at radius 3 is 2.62 bits per heavy atom. The van der Waals surface area contributed by atoms with Crippen molar-refractivity contribution in [1.29, 1.82) is 0 Å². The first-order valence-electron chi connectivity index (χ1n) is 8.85. The first-order chi connectivity index (χ1) is 11.5. The van der Waals surface area contributed by atoms with Gasteiger partial charge in [0.2, 0.25) is 11.8 Å². The van der Waals surface area contributed by atoms with Gasteiger partial charge < -0.3 is 14.9 Å². The molecule has 2 unspecified atom stereocenters. The number of carbonyl (C=O) groups is 2. The van der Waals surface area contributed by atoms with E-state index < -0.39 is 12.1 Å². The molecule has 3 rings (SSSR count). The molecule has 1 aromatic rings. The van der Waals surface area contributed by atoms with Crippen molar-refractivity contribution in [3.8, 4) is 0 Å². The summed E-state index contributed by atoms with van der Waals surface area (Å²) in [6.07, 6.45) is 1.50. The maximum Gasteiger partial charge on any atom is 0.245 e. The molecule has 5 nitrogen and oxygen atoms in total. The summed E-state index contributed by atoms with van der Waals surface area (Å²) in [6.45, 7) is 5.36. The predicted molar refractivity (Wildman–Crippen MR) is 91.1 cm³/mol. The molecule has 5 heteroatoms. The fraction of sp³-hybridized carbons (Fsp3) is 0.579. The van der Waals surface area contributed by atoms with Crippen molar-refractivity contribution in [2.45, 2.75) is 51.8 Å². The summed E-state index contributed by atoms with van der Waals surface area (Å²) in [5.41, 5.74) is 2.27. The van der Waals surface area contributed by atoms with Crippen LogP contribution in [0.1, 0.15) is 37.8 Å². The molecule has 0 spiro atoms. The Hall–Kier alpha value is -1.88. The lowest BCUT2D eigenvalue weighted by molar-refractivity contribution is -0.148. The molecule has 1 saturated heterocycles. The van der Waals surface area contributed by atoms with Gasteiger partial charge in [-0.25, -0.2) is 0 Å². The van der Waals surface area contributed by atoms with Gasteiger partial charge in [0.05, 0.1) is 6.10 Å². The standard InChI is InChI=1S/C19H26N2O3/c1-3-13(2)18(23)21-11-15-7-5-4-6-14(15)10-17(21)19(24)20-9-8-16(22)12-20/h4-7,13,16-17,22H,3,8-12H2,1-2H3/t13?,16-,17?/m0/s1. The molecule has 1 N–H and O–H groups in total. The molecule has 130 valence electrons. The first kappa shape index (κ1) is 17.0. The normalized spacial score (nSPS) is 24.6. The zero-order valence-corrected chi connectivity index (χ0v) is 14.4. The van der Waals surface area contributed by atoms with Gasteiger partial charge in [0.25, 0.3) is 0 Å². The first-order valence-corrected chi connectivity index (χ1v) is 8.85. The van der Waals surface area contributed by atoms with Gasteiger partial charge in [-0.05, 0) is 24.0 Å². The third-order valence-corrected chi connectivity index (χ3v) is 5.33. The van der Waals surface area contributed by atoms with E-state index in [2.05, 4.69) is 0 Å². The van der Waals surface area contributed by atoms with E-state index in [1.807, 2.05) is 38.1 Å². The lowest BCUT2D eigenvalue weighted by atomic mass is 9.91. The second-order valence-corrected chi connectivity index (χ2v) is 6.99. The highest BCUT2D eigenvalue weighted by atomic mass is 16.3. The Balaban J connectivity index is 1.88. The quantitative estimate of drug-likeness (QED) is 0.915. The molecule has 1 aromatic carbocycles. The third kappa shape index (κ3) is 3.18. The van der Waals surface area contributed by atoms with E-state index >= 15 is 0 Å². The van der Waals surface area contributed by atoms with Gasteiger partial charge in [-0.2, -0.15) is 0 Å². The molecule has 2 amide bonds. The van der Waals surface area contributed by atoms with Gasteiger partial charge in [-0.3, -0.25) is 9.59 Å². The van der Waals surface area contributed by atoms with Crippen LogP contribution in [0.15, 0.2) is 24.3 Å². The average molecular weight is 330 g/mol. The van der Waals surface area contributed by atoms with Crippen molar-refractivity contribution in [2.24, 2.45) is 5.92 Å². The van der Waals surface area contributed by atoms with Crippen LogP contribution in [0.25, 0.3) is 0 Å². The Bertz CT molecular complexity index is 631. The molecular formula is C19H26N2O3. The second-order valence-electron chi connectivity index (χ2n) is 6.99. The number of fused-ring (bicyclic) bond motifs is 1. The van der Waals surface area contributed by atoms with Crippen LogP contribution in [0.5, 0.6) is 0 Å². The zero-order valence-electron chi connectivity index (χ0n) is 14.4. The Labute approximate surface area is 143 Å². The van der Waals surface area contributed by atoms with E-state index in [-0.39, 0.29) is 17.7 Å². The van der Waals surface area contributed by atoms with E-state index in [9.17, 15) is 14.7 Å². The average Bonchev–Trinajstić information content (AvgIpc) is 3.05. The van der Waals surface area contributed by atoms with Crippen molar-refractivity contribution >= 4 is 11.8 Å². The zero-order chi connectivity index (χ0) is 17.3. The number of aliphatic hydroxyl groups excluding tert-OH is 1. The predicted octanol–water partition coefficient (Wildman–Crippen LogP) is 1.58. The van der Waals surface area contributed by atoms with Gasteiger partial charge in [0.1, 0.15) is 6.04 Å². The van der Waals surface area contributed by atoms with Crippen molar-refractivity contribution < 1.29 is 14.7 Å². The van der Waals surface area contributed by atoms with Crippen molar-refractivity contribution in [1.82, 2.24) is 9.80 Å². The van der Waals surface area contributed by atoms with E-state index in [1.165, 1.54) is 0 Å². The summed E-state index contributed by atoms with van der Waals surface area (Å²) in [4.78, 5) is 29.3. The number of hydrogen-bond donors (Lipinski definition) is 1. The van der Waals surface area contributed by atoms with Crippen LogP contribution in [0.2, 0.25) is 0 Å². The maximum absolute atomic E-state index is 13.0. The number of aliphatic hydroxyl groups is 1. The van der Waals surface area contributed by atoms with Crippen LogP contribution in [-0.4, -0.2) is 52.0 Å². The number of carbonyl (C=O) groups excluding carboxylic acids is 2. The van der Waals surface area contributed by atoms with Crippen LogP contribution in [-0.2, 0) is 22.6 Å². The topological polar surface area (TPSA) is 60.9 Å². The van der Waals surface area contributed by atoms with Crippen LogP contribution < -0.4 is 0 Å². The SMILES string of the molecule is CCC(C)C(=O)N1Cc2ccccc2CC1C(=O)N1CC[C@H](O)C1. The molecule has 1 fully saturated rings. The fourth-order valence-corrected chi connectivity index (χ4v) is 3.59. The van der Waals surface area contributed by atoms with Gasteiger partial charge in [0.15, 0.2) is 0 Å². The molecular weight excluding hydrogens is 304 g/mol. The largest absolute Gasteiger partial charge is 0.391 e. The van der Waals surface area contributed by atoms with Gasteiger partial charge in [-0.1, -0.05) is 38.1 Å². The smallest absolute Gasteiger partial charge is 0.245 e. The molecule has 2 aliphatic heterocycles. The summed E-state index contributed by atoms with van der Waals surface area (Å²) >= 11 is 0. The van der Waals surface area contributed by atoms with Crippen molar-refractivity contribution in [3.63, 3.8) is 0 Å². The Kier molecular flexibility index (Phi) is 4.90. The van der Waals surface area contributed by atoms with E-state index in [0.717, 1.165) is 17.5 Å². The van der Waals surface area contributed by atoms with E-state index in [1.54, 1.807) is 9.80 Å². The van der Waals surface area contributed by atoms with Gasteiger partial charge in [0, 0.05) is 32.0 Å². The number of β-amino-alcohol motifs (C(OH)–C–C–N with tert-alkyl or cyclic N) is 1. The summed E-state index contributed by atoms with van der Waals surface area (Å²) in [7, 11) is 0. The monoisotopic (exact) mass is 330 g/mol. The Morgan fingerprint density at radius 1 is 1.29 bits per heavy atom. The Morgan fingerprint density at radius 2 is 2.00 bits per heavy atom. The second kappa shape index (κ2) is 6.93. The van der Waals surface area contributed by atoms with Crippen molar-refractivity contribution in [3.05, 3.63) is 35.4 Å². The molecule has 2 aliphatic rings. The molecule has 3 atom stereocenters. The molecule has 0 saturated carbocycles.